The van der Waals surface area contributed by atoms with E-state index in [-0.39, 0.29) is 5.91 Å². The fourth-order valence-corrected chi connectivity index (χ4v) is 2.37. The van der Waals surface area contributed by atoms with Gasteiger partial charge in [-0.15, -0.1) is 0 Å². The van der Waals surface area contributed by atoms with Gasteiger partial charge in [0.15, 0.2) is 0 Å². The maximum Gasteiger partial charge on any atom is 0.255 e. The lowest BCUT2D eigenvalue weighted by Crippen LogP contribution is -2.12. The molecule has 0 spiro atoms. The van der Waals surface area contributed by atoms with Crippen LogP contribution in [-0.4, -0.2) is 18.0 Å². The molecule has 0 radical (unpaired) electrons. The number of hydrogen-bond donors (Lipinski definition) is 1. The highest BCUT2D eigenvalue weighted by Crippen LogP contribution is 2.21. The van der Waals surface area contributed by atoms with Crippen molar-refractivity contribution in [3.05, 3.63) is 71.9 Å². The zero-order valence-corrected chi connectivity index (χ0v) is 12.2. The first kappa shape index (κ1) is 14.2. The Morgan fingerprint density at radius 3 is 2.82 bits per heavy atom. The van der Waals surface area contributed by atoms with Gasteiger partial charge in [-0.3, -0.25) is 9.78 Å². The predicted octanol–water partition coefficient (Wildman–Crippen LogP) is 3.63. The van der Waals surface area contributed by atoms with Crippen molar-refractivity contribution < 1.29 is 9.53 Å². The second-order valence-corrected chi connectivity index (χ2v) is 4.97. The Labute approximate surface area is 128 Å². The molecule has 0 bridgehead atoms. The molecule has 3 rings (SSSR count). The van der Waals surface area contributed by atoms with Crippen LogP contribution in [0, 0.1) is 0 Å². The van der Waals surface area contributed by atoms with Crippen LogP contribution in [0.15, 0.2) is 60.8 Å². The average Bonchev–Trinajstić information content (AvgIpc) is 2.56. The molecule has 0 unspecified atom stereocenters. The standard InChI is InChI=1S/C18H16N2O2/c1-22-12-13-5-2-7-15(11-13)18(21)20-16-9-3-6-14-8-4-10-19-17(14)16/h2-11H,12H2,1H3,(H,20,21). The van der Waals surface area contributed by atoms with E-state index in [1.54, 1.807) is 19.4 Å². The second kappa shape index (κ2) is 6.37. The number of carbonyl (C=O) groups is 1. The van der Waals surface area contributed by atoms with Crippen molar-refractivity contribution >= 4 is 22.5 Å². The number of carbonyl (C=O) groups excluding carboxylic acids is 1. The van der Waals surface area contributed by atoms with Gasteiger partial charge in [-0.25, -0.2) is 0 Å². The van der Waals surface area contributed by atoms with Crippen LogP contribution in [0.25, 0.3) is 10.9 Å². The van der Waals surface area contributed by atoms with Gasteiger partial charge in [-0.05, 0) is 29.8 Å². The first-order valence-corrected chi connectivity index (χ1v) is 7.01. The zero-order valence-electron chi connectivity index (χ0n) is 12.2. The van der Waals surface area contributed by atoms with E-state index in [4.69, 9.17) is 4.74 Å². The van der Waals surface area contributed by atoms with Crippen LogP contribution in [0.4, 0.5) is 5.69 Å². The van der Waals surface area contributed by atoms with Gasteiger partial charge in [-0.1, -0.05) is 30.3 Å². The summed E-state index contributed by atoms with van der Waals surface area (Å²) in [5.41, 5.74) is 3.06. The maximum absolute atomic E-state index is 12.4. The minimum absolute atomic E-state index is 0.156. The lowest BCUT2D eigenvalue weighted by molar-refractivity contribution is 0.102. The van der Waals surface area contributed by atoms with Crippen molar-refractivity contribution in [1.82, 2.24) is 4.98 Å². The van der Waals surface area contributed by atoms with Crippen LogP contribution in [0.2, 0.25) is 0 Å². The lowest BCUT2D eigenvalue weighted by Gasteiger charge is -2.09. The van der Waals surface area contributed by atoms with E-state index in [0.29, 0.717) is 17.9 Å². The number of para-hydroxylation sites is 1. The molecular formula is C18H16N2O2. The van der Waals surface area contributed by atoms with E-state index < -0.39 is 0 Å². The molecule has 1 heterocycles. The number of methoxy groups -OCH3 is 1. The van der Waals surface area contributed by atoms with Gasteiger partial charge >= 0.3 is 0 Å². The molecule has 110 valence electrons. The third-order valence-electron chi connectivity index (χ3n) is 3.38. The van der Waals surface area contributed by atoms with E-state index >= 15 is 0 Å². The summed E-state index contributed by atoms with van der Waals surface area (Å²) in [7, 11) is 1.63. The highest BCUT2D eigenvalue weighted by Gasteiger charge is 2.09. The van der Waals surface area contributed by atoms with Crippen LogP contribution < -0.4 is 5.32 Å². The first-order valence-electron chi connectivity index (χ1n) is 7.01. The Bertz CT molecular complexity index is 810. The van der Waals surface area contributed by atoms with Crippen molar-refractivity contribution in [2.45, 2.75) is 6.61 Å². The summed E-state index contributed by atoms with van der Waals surface area (Å²) in [6.45, 7) is 0.483. The Morgan fingerprint density at radius 2 is 1.95 bits per heavy atom. The van der Waals surface area contributed by atoms with Gasteiger partial charge in [0.1, 0.15) is 0 Å². The molecule has 1 N–H and O–H groups in total. The van der Waals surface area contributed by atoms with Gasteiger partial charge in [-0.2, -0.15) is 0 Å². The van der Waals surface area contributed by atoms with Gasteiger partial charge in [0.05, 0.1) is 17.8 Å². The number of aromatic nitrogens is 1. The normalized spacial score (nSPS) is 10.6. The molecule has 0 saturated carbocycles. The molecule has 0 saturated heterocycles. The Balaban J connectivity index is 1.88. The van der Waals surface area contributed by atoms with E-state index in [9.17, 15) is 4.79 Å². The smallest absolute Gasteiger partial charge is 0.255 e. The number of amides is 1. The predicted molar refractivity (Wildman–Crippen MR) is 86.9 cm³/mol. The summed E-state index contributed by atoms with van der Waals surface area (Å²) in [6.07, 6.45) is 1.72. The van der Waals surface area contributed by atoms with E-state index in [1.807, 2.05) is 48.5 Å². The minimum atomic E-state index is -0.156. The molecule has 22 heavy (non-hydrogen) atoms. The summed E-state index contributed by atoms with van der Waals surface area (Å²) in [5, 5.41) is 3.92. The summed E-state index contributed by atoms with van der Waals surface area (Å²) < 4.78 is 5.10. The van der Waals surface area contributed by atoms with Crippen molar-refractivity contribution in [1.29, 1.82) is 0 Å². The van der Waals surface area contributed by atoms with E-state index in [2.05, 4.69) is 10.3 Å². The molecule has 0 atom stereocenters. The number of ether oxygens (including phenoxy) is 1. The topological polar surface area (TPSA) is 51.2 Å². The molecule has 4 heteroatoms. The zero-order chi connectivity index (χ0) is 15.4. The van der Waals surface area contributed by atoms with Crippen molar-refractivity contribution in [3.63, 3.8) is 0 Å². The third-order valence-corrected chi connectivity index (χ3v) is 3.38. The summed E-state index contributed by atoms with van der Waals surface area (Å²) >= 11 is 0. The quantitative estimate of drug-likeness (QED) is 0.799. The summed E-state index contributed by atoms with van der Waals surface area (Å²) in [6, 6.07) is 17.0. The molecule has 0 aliphatic rings. The van der Waals surface area contributed by atoms with Crippen LogP contribution in [0.1, 0.15) is 15.9 Å². The second-order valence-electron chi connectivity index (χ2n) is 4.97. The van der Waals surface area contributed by atoms with Gasteiger partial charge in [0.2, 0.25) is 0 Å². The van der Waals surface area contributed by atoms with Crippen molar-refractivity contribution in [3.8, 4) is 0 Å². The van der Waals surface area contributed by atoms with Crippen LogP contribution in [0.3, 0.4) is 0 Å². The molecule has 2 aromatic carbocycles. The fourth-order valence-electron chi connectivity index (χ4n) is 2.37. The van der Waals surface area contributed by atoms with Gasteiger partial charge in [0.25, 0.3) is 5.91 Å². The highest BCUT2D eigenvalue weighted by atomic mass is 16.5. The minimum Gasteiger partial charge on any atom is -0.380 e. The molecular weight excluding hydrogens is 276 g/mol. The number of nitrogens with zero attached hydrogens (tertiary/aromatic N) is 1. The molecule has 0 aliphatic heterocycles. The molecule has 1 amide bonds. The largest absolute Gasteiger partial charge is 0.380 e. The molecule has 0 fully saturated rings. The number of pyridine rings is 1. The first-order chi connectivity index (χ1) is 10.8. The number of rotatable bonds is 4. The average molecular weight is 292 g/mol. The summed E-state index contributed by atoms with van der Waals surface area (Å²) in [4.78, 5) is 16.8. The Kier molecular flexibility index (Phi) is 4.12. The molecule has 0 aliphatic carbocycles. The third kappa shape index (κ3) is 2.97. The van der Waals surface area contributed by atoms with Crippen molar-refractivity contribution in [2.24, 2.45) is 0 Å². The Hall–Kier alpha value is -2.72. The van der Waals surface area contributed by atoms with E-state index in [0.717, 1.165) is 16.5 Å². The van der Waals surface area contributed by atoms with Crippen LogP contribution >= 0.6 is 0 Å². The van der Waals surface area contributed by atoms with E-state index in [1.165, 1.54) is 0 Å². The number of hydrogen-bond acceptors (Lipinski definition) is 3. The van der Waals surface area contributed by atoms with Gasteiger partial charge < -0.3 is 10.1 Å². The Morgan fingerprint density at radius 1 is 1.14 bits per heavy atom. The lowest BCUT2D eigenvalue weighted by atomic mass is 10.1. The molecule has 4 nitrogen and oxygen atoms in total. The van der Waals surface area contributed by atoms with Gasteiger partial charge in [0, 0.05) is 24.3 Å². The van der Waals surface area contributed by atoms with Crippen molar-refractivity contribution in [2.75, 3.05) is 12.4 Å². The SMILES string of the molecule is COCc1cccc(C(=O)Nc2cccc3cccnc23)c1. The highest BCUT2D eigenvalue weighted by molar-refractivity contribution is 6.08. The molecule has 1 aromatic heterocycles. The van der Waals surface area contributed by atoms with Crippen LogP contribution in [0.5, 0.6) is 0 Å². The number of fused-ring (bicyclic) bond motifs is 1. The number of anilines is 1. The van der Waals surface area contributed by atoms with Crippen LogP contribution in [-0.2, 0) is 11.3 Å². The number of nitrogens with one attached hydrogen (secondary N) is 1. The summed E-state index contributed by atoms with van der Waals surface area (Å²) in [5.74, 6) is -0.156. The number of benzene rings is 2. The fraction of sp³-hybridized carbons (Fsp3) is 0.111. The maximum atomic E-state index is 12.4. The monoisotopic (exact) mass is 292 g/mol. The molecule has 3 aromatic rings.